The molecule has 0 N–H and O–H groups in total. The molecule has 1 radical (unpaired) electrons. The molecule has 0 amide bonds. The first-order chi connectivity index (χ1) is 8.79. The first kappa shape index (κ1) is 18.0. The summed E-state index contributed by atoms with van der Waals surface area (Å²) in [5, 5.41) is 0. The van der Waals surface area contributed by atoms with E-state index in [0.717, 1.165) is 5.92 Å². The lowest BCUT2D eigenvalue weighted by molar-refractivity contribution is 0.392. The third-order valence-corrected chi connectivity index (χ3v) is 4.07. The Kier molecular flexibility index (Phi) is 13.4. The summed E-state index contributed by atoms with van der Waals surface area (Å²) in [6.45, 7) is 9.31. The number of rotatable bonds is 13. The van der Waals surface area contributed by atoms with E-state index in [0.29, 0.717) is 0 Å². The van der Waals surface area contributed by atoms with E-state index < -0.39 is 0 Å². The maximum absolute atomic E-state index is 2.35. The number of unbranched alkanes of at least 4 members (excludes halogenated alkanes) is 4. The third-order valence-electron chi connectivity index (χ3n) is 4.07. The SMILES string of the molecule is CCCCC[C](CCCC)C(CCC)CCCC. The lowest BCUT2D eigenvalue weighted by Gasteiger charge is -2.27. The van der Waals surface area contributed by atoms with Crippen LogP contribution in [0, 0.1) is 11.8 Å². The van der Waals surface area contributed by atoms with Crippen LogP contribution in [0.1, 0.15) is 105 Å². The van der Waals surface area contributed by atoms with Crippen LogP contribution in [0.25, 0.3) is 0 Å². The van der Waals surface area contributed by atoms with E-state index in [9.17, 15) is 0 Å². The Morgan fingerprint density at radius 2 is 1.22 bits per heavy atom. The third kappa shape index (κ3) is 9.00. The van der Waals surface area contributed by atoms with Gasteiger partial charge in [0.1, 0.15) is 0 Å². The van der Waals surface area contributed by atoms with Crippen molar-refractivity contribution in [3.8, 4) is 0 Å². The quantitative estimate of drug-likeness (QED) is 0.312. The van der Waals surface area contributed by atoms with Gasteiger partial charge < -0.3 is 0 Å². The Hall–Kier alpha value is 0. The second-order valence-corrected chi connectivity index (χ2v) is 5.85. The maximum atomic E-state index is 2.35. The standard InChI is InChI=1S/C18H37/c1-5-9-12-16-18(15-11-7-3)17(13-8-4)14-10-6-2/h17H,5-16H2,1-4H3. The summed E-state index contributed by atoms with van der Waals surface area (Å²) in [7, 11) is 0. The minimum Gasteiger partial charge on any atom is -0.0654 e. The van der Waals surface area contributed by atoms with Crippen LogP contribution in [0.15, 0.2) is 0 Å². The predicted octanol–water partition coefficient (Wildman–Crippen LogP) is 6.94. The van der Waals surface area contributed by atoms with Crippen LogP contribution < -0.4 is 0 Å². The lowest BCUT2D eigenvalue weighted by atomic mass is 9.79. The molecular formula is C18H37. The molecule has 0 aromatic carbocycles. The van der Waals surface area contributed by atoms with E-state index >= 15 is 0 Å². The van der Waals surface area contributed by atoms with Crippen LogP contribution in [0.5, 0.6) is 0 Å². The monoisotopic (exact) mass is 253 g/mol. The molecule has 109 valence electrons. The first-order valence-electron chi connectivity index (χ1n) is 8.64. The fourth-order valence-corrected chi connectivity index (χ4v) is 2.89. The summed E-state index contributed by atoms with van der Waals surface area (Å²) < 4.78 is 0. The van der Waals surface area contributed by atoms with Gasteiger partial charge in [0.15, 0.2) is 0 Å². The molecule has 0 saturated carbocycles. The number of hydrogen-bond acceptors (Lipinski definition) is 0. The molecule has 0 heteroatoms. The van der Waals surface area contributed by atoms with Gasteiger partial charge >= 0.3 is 0 Å². The van der Waals surface area contributed by atoms with Gasteiger partial charge in [0.2, 0.25) is 0 Å². The van der Waals surface area contributed by atoms with E-state index in [2.05, 4.69) is 27.7 Å². The Morgan fingerprint density at radius 1 is 0.611 bits per heavy atom. The van der Waals surface area contributed by atoms with Crippen LogP contribution in [-0.4, -0.2) is 0 Å². The molecule has 0 aromatic rings. The molecule has 0 nitrogen and oxygen atoms in total. The van der Waals surface area contributed by atoms with Crippen molar-refractivity contribution in [2.45, 2.75) is 105 Å². The molecule has 0 bridgehead atoms. The molecule has 1 atom stereocenters. The number of hydrogen-bond donors (Lipinski definition) is 0. The molecular weight excluding hydrogens is 216 g/mol. The van der Waals surface area contributed by atoms with E-state index in [1.54, 1.807) is 0 Å². The van der Waals surface area contributed by atoms with Gasteiger partial charge in [0.05, 0.1) is 0 Å². The Balaban J connectivity index is 4.22. The molecule has 0 spiro atoms. The van der Waals surface area contributed by atoms with Crippen molar-refractivity contribution in [2.75, 3.05) is 0 Å². The summed E-state index contributed by atoms with van der Waals surface area (Å²) in [5.41, 5.74) is 0. The van der Waals surface area contributed by atoms with Gasteiger partial charge in [-0.05, 0) is 31.1 Å². The summed E-state index contributed by atoms with van der Waals surface area (Å²) in [5.74, 6) is 2.86. The Morgan fingerprint density at radius 3 is 1.78 bits per heavy atom. The summed E-state index contributed by atoms with van der Waals surface area (Å²) in [6, 6.07) is 0. The van der Waals surface area contributed by atoms with Crippen molar-refractivity contribution < 1.29 is 0 Å². The first-order valence-corrected chi connectivity index (χ1v) is 8.64. The highest BCUT2D eigenvalue weighted by Gasteiger charge is 2.20. The van der Waals surface area contributed by atoms with E-state index in [1.165, 1.54) is 77.0 Å². The van der Waals surface area contributed by atoms with Crippen molar-refractivity contribution in [1.29, 1.82) is 0 Å². The van der Waals surface area contributed by atoms with Crippen LogP contribution >= 0.6 is 0 Å². The second kappa shape index (κ2) is 13.4. The largest absolute Gasteiger partial charge is 0.0654 e. The van der Waals surface area contributed by atoms with Crippen molar-refractivity contribution in [3.05, 3.63) is 5.92 Å². The topological polar surface area (TPSA) is 0 Å². The Bertz CT molecular complexity index is 150. The zero-order chi connectivity index (χ0) is 13.6. The average Bonchev–Trinajstić information content (AvgIpc) is 2.39. The molecule has 18 heavy (non-hydrogen) atoms. The van der Waals surface area contributed by atoms with Crippen molar-refractivity contribution >= 4 is 0 Å². The van der Waals surface area contributed by atoms with Crippen LogP contribution in [0.2, 0.25) is 0 Å². The molecule has 0 heterocycles. The predicted molar refractivity (Wildman–Crippen MR) is 84.8 cm³/mol. The van der Waals surface area contributed by atoms with Gasteiger partial charge in [-0.2, -0.15) is 0 Å². The second-order valence-electron chi connectivity index (χ2n) is 5.85. The van der Waals surface area contributed by atoms with E-state index in [1.807, 2.05) is 5.92 Å². The highest BCUT2D eigenvalue weighted by Crippen LogP contribution is 2.33. The molecule has 0 rings (SSSR count). The molecule has 0 aromatic heterocycles. The van der Waals surface area contributed by atoms with Gasteiger partial charge in [-0.25, -0.2) is 0 Å². The zero-order valence-electron chi connectivity index (χ0n) is 13.6. The van der Waals surface area contributed by atoms with Crippen LogP contribution in [0.4, 0.5) is 0 Å². The molecule has 0 saturated heterocycles. The minimum absolute atomic E-state index is 0.943. The Labute approximate surface area is 117 Å². The smallest absolute Gasteiger partial charge is 0.0210 e. The van der Waals surface area contributed by atoms with Crippen molar-refractivity contribution in [2.24, 2.45) is 5.92 Å². The van der Waals surface area contributed by atoms with Crippen molar-refractivity contribution in [3.63, 3.8) is 0 Å². The average molecular weight is 253 g/mol. The van der Waals surface area contributed by atoms with Gasteiger partial charge in [-0.3, -0.25) is 0 Å². The summed E-state index contributed by atoms with van der Waals surface area (Å²) in [6.07, 6.45) is 16.8. The summed E-state index contributed by atoms with van der Waals surface area (Å²) in [4.78, 5) is 0. The summed E-state index contributed by atoms with van der Waals surface area (Å²) >= 11 is 0. The van der Waals surface area contributed by atoms with Crippen LogP contribution in [-0.2, 0) is 0 Å². The van der Waals surface area contributed by atoms with Gasteiger partial charge in [-0.15, -0.1) is 0 Å². The van der Waals surface area contributed by atoms with Gasteiger partial charge in [0, 0.05) is 0 Å². The normalized spacial score (nSPS) is 13.2. The zero-order valence-corrected chi connectivity index (χ0v) is 13.6. The van der Waals surface area contributed by atoms with E-state index in [-0.39, 0.29) is 0 Å². The fourth-order valence-electron chi connectivity index (χ4n) is 2.89. The molecule has 0 fully saturated rings. The fraction of sp³-hybridized carbons (Fsp3) is 0.944. The van der Waals surface area contributed by atoms with Crippen LogP contribution in [0.3, 0.4) is 0 Å². The highest BCUT2D eigenvalue weighted by atomic mass is 14.2. The molecule has 0 aliphatic rings. The minimum atomic E-state index is 0.943. The van der Waals surface area contributed by atoms with Crippen molar-refractivity contribution in [1.82, 2.24) is 0 Å². The van der Waals surface area contributed by atoms with Gasteiger partial charge in [-0.1, -0.05) is 85.5 Å². The van der Waals surface area contributed by atoms with E-state index in [4.69, 9.17) is 0 Å². The molecule has 0 aliphatic heterocycles. The highest BCUT2D eigenvalue weighted by molar-refractivity contribution is 4.96. The molecule has 0 aliphatic carbocycles. The maximum Gasteiger partial charge on any atom is -0.0210 e. The van der Waals surface area contributed by atoms with Gasteiger partial charge in [0.25, 0.3) is 0 Å². The molecule has 1 unspecified atom stereocenters. The lowest BCUT2D eigenvalue weighted by Crippen LogP contribution is -2.13.